The van der Waals surface area contributed by atoms with Gasteiger partial charge in [0.1, 0.15) is 0 Å². The molecule has 0 saturated heterocycles. The highest BCUT2D eigenvalue weighted by molar-refractivity contribution is 7.14. The molecule has 4 nitrogen and oxygen atoms in total. The van der Waals surface area contributed by atoms with Crippen LogP contribution in [0.25, 0.3) is 10.6 Å². The lowest BCUT2D eigenvalue weighted by molar-refractivity contribution is 0.218. The maximum atomic E-state index is 11.4. The Labute approximate surface area is 107 Å². The molecule has 0 spiro atoms. The number of aliphatic hydroxyl groups is 1. The van der Waals surface area contributed by atoms with Gasteiger partial charge < -0.3 is 10.1 Å². The van der Waals surface area contributed by atoms with Gasteiger partial charge in [-0.1, -0.05) is 17.4 Å². The molecule has 0 aliphatic heterocycles. The third-order valence-corrected chi connectivity index (χ3v) is 4.14. The second-order valence-corrected chi connectivity index (χ2v) is 5.77. The molecule has 0 fully saturated rings. The number of thiophene rings is 1. The first-order chi connectivity index (χ1) is 8.20. The van der Waals surface area contributed by atoms with Crippen molar-refractivity contribution in [3.8, 4) is 10.6 Å². The number of aliphatic hydroxyl groups excluding tert-OH is 1. The first-order valence-electron chi connectivity index (χ1n) is 5.26. The van der Waals surface area contributed by atoms with Gasteiger partial charge in [0, 0.05) is 18.0 Å². The van der Waals surface area contributed by atoms with Crippen molar-refractivity contribution in [3.63, 3.8) is 0 Å². The van der Waals surface area contributed by atoms with E-state index in [4.69, 9.17) is 5.11 Å². The molecule has 2 N–H and O–H groups in total. The highest BCUT2D eigenvalue weighted by Crippen LogP contribution is 2.27. The van der Waals surface area contributed by atoms with E-state index in [0.717, 1.165) is 15.4 Å². The number of nitrogens with one attached hydrogen (secondary N) is 1. The predicted molar refractivity (Wildman–Crippen MR) is 71.7 cm³/mol. The maximum absolute atomic E-state index is 11.4. The Balaban J connectivity index is 2.25. The molecule has 2 heterocycles. The number of aromatic nitrogens is 1. The Morgan fingerprint density at radius 3 is 3.00 bits per heavy atom. The van der Waals surface area contributed by atoms with E-state index >= 15 is 0 Å². The van der Waals surface area contributed by atoms with Gasteiger partial charge in [-0.15, -0.1) is 11.3 Å². The molecule has 2 rings (SSSR count). The normalized spacial score (nSPS) is 11.2. The average molecular weight is 270 g/mol. The Kier molecular flexibility index (Phi) is 4.11. The second kappa shape index (κ2) is 5.59. The van der Waals surface area contributed by atoms with Gasteiger partial charge in [-0.3, -0.25) is 9.69 Å². The summed E-state index contributed by atoms with van der Waals surface area (Å²) in [7, 11) is 1.93. The standard InChI is InChI=1S/C11H14N2O2S2/c1-13(4-5-14)7-9-10(12-11(15)17-9)8-3-2-6-16-8/h2-3,6,14H,4-5,7H2,1H3,(H,12,15). The summed E-state index contributed by atoms with van der Waals surface area (Å²) in [5.41, 5.74) is 0.916. The molecule has 6 heteroatoms. The lowest BCUT2D eigenvalue weighted by Gasteiger charge is -2.14. The number of hydrogen-bond acceptors (Lipinski definition) is 5. The summed E-state index contributed by atoms with van der Waals surface area (Å²) in [5, 5.41) is 10.9. The van der Waals surface area contributed by atoms with E-state index in [1.165, 1.54) is 11.3 Å². The molecule has 92 valence electrons. The van der Waals surface area contributed by atoms with Crippen LogP contribution in [0.3, 0.4) is 0 Å². The Hall–Kier alpha value is -0.950. The first kappa shape index (κ1) is 12.5. The lowest BCUT2D eigenvalue weighted by Crippen LogP contribution is -2.21. The van der Waals surface area contributed by atoms with Crippen molar-refractivity contribution in [2.75, 3.05) is 20.2 Å². The molecule has 0 atom stereocenters. The SMILES string of the molecule is CN(CCO)Cc1sc(=O)[nH]c1-c1cccs1. The van der Waals surface area contributed by atoms with Crippen molar-refractivity contribution < 1.29 is 5.11 Å². The summed E-state index contributed by atoms with van der Waals surface area (Å²) >= 11 is 2.85. The van der Waals surface area contributed by atoms with Crippen LogP contribution in [0.1, 0.15) is 4.88 Å². The summed E-state index contributed by atoms with van der Waals surface area (Å²) in [6.45, 7) is 1.41. The van der Waals surface area contributed by atoms with Gasteiger partial charge in [0.15, 0.2) is 0 Å². The summed E-state index contributed by atoms with van der Waals surface area (Å²) < 4.78 is 0. The van der Waals surface area contributed by atoms with E-state index in [1.807, 2.05) is 29.5 Å². The average Bonchev–Trinajstić information content (AvgIpc) is 2.87. The van der Waals surface area contributed by atoms with Crippen molar-refractivity contribution in [1.29, 1.82) is 0 Å². The smallest absolute Gasteiger partial charge is 0.305 e. The summed E-state index contributed by atoms with van der Waals surface area (Å²) in [5.74, 6) is 0. The van der Waals surface area contributed by atoms with Crippen LogP contribution < -0.4 is 4.87 Å². The highest BCUT2D eigenvalue weighted by Gasteiger charge is 2.12. The molecule has 0 unspecified atom stereocenters. The maximum Gasteiger partial charge on any atom is 0.305 e. The van der Waals surface area contributed by atoms with Crippen LogP contribution in [0.5, 0.6) is 0 Å². The minimum atomic E-state index is -0.0270. The van der Waals surface area contributed by atoms with E-state index < -0.39 is 0 Å². The second-order valence-electron chi connectivity index (χ2n) is 3.75. The largest absolute Gasteiger partial charge is 0.395 e. The van der Waals surface area contributed by atoms with Gasteiger partial charge >= 0.3 is 4.87 Å². The fourth-order valence-corrected chi connectivity index (χ4v) is 3.33. The topological polar surface area (TPSA) is 56.3 Å². The zero-order valence-corrected chi connectivity index (χ0v) is 11.1. The Morgan fingerprint density at radius 1 is 1.53 bits per heavy atom. The van der Waals surface area contributed by atoms with E-state index in [1.54, 1.807) is 11.3 Å². The van der Waals surface area contributed by atoms with Gasteiger partial charge in [-0.25, -0.2) is 0 Å². The van der Waals surface area contributed by atoms with E-state index in [9.17, 15) is 4.79 Å². The summed E-state index contributed by atoms with van der Waals surface area (Å²) in [6, 6.07) is 3.97. The minimum Gasteiger partial charge on any atom is -0.395 e. The molecule has 0 bridgehead atoms. The van der Waals surface area contributed by atoms with Gasteiger partial charge in [-0.2, -0.15) is 0 Å². The van der Waals surface area contributed by atoms with Crippen molar-refractivity contribution in [2.45, 2.75) is 6.54 Å². The van der Waals surface area contributed by atoms with Crippen LogP contribution >= 0.6 is 22.7 Å². The minimum absolute atomic E-state index is 0.0270. The lowest BCUT2D eigenvalue weighted by atomic mass is 10.3. The van der Waals surface area contributed by atoms with Gasteiger partial charge in [-0.05, 0) is 18.5 Å². The van der Waals surface area contributed by atoms with Crippen molar-refractivity contribution in [1.82, 2.24) is 9.88 Å². The molecule has 0 aliphatic rings. The van der Waals surface area contributed by atoms with Gasteiger partial charge in [0.05, 0.1) is 17.2 Å². The zero-order chi connectivity index (χ0) is 12.3. The quantitative estimate of drug-likeness (QED) is 0.867. The number of nitrogens with zero attached hydrogens (tertiary/aromatic N) is 1. The molecule has 0 saturated carbocycles. The third-order valence-electron chi connectivity index (χ3n) is 2.38. The van der Waals surface area contributed by atoms with Crippen LogP contribution in [-0.4, -0.2) is 35.2 Å². The molecular weight excluding hydrogens is 256 g/mol. The number of aromatic amines is 1. The number of thiazole rings is 1. The Morgan fingerprint density at radius 2 is 2.35 bits per heavy atom. The van der Waals surface area contributed by atoms with E-state index in [-0.39, 0.29) is 11.5 Å². The van der Waals surface area contributed by atoms with Crippen LogP contribution in [0, 0.1) is 0 Å². The molecule has 2 aromatic rings. The fraction of sp³-hybridized carbons (Fsp3) is 0.364. The third kappa shape index (κ3) is 3.04. The molecule has 0 aliphatic carbocycles. The molecule has 2 aromatic heterocycles. The number of H-pyrrole nitrogens is 1. The van der Waals surface area contributed by atoms with Gasteiger partial charge in [0.25, 0.3) is 0 Å². The summed E-state index contributed by atoms with van der Waals surface area (Å²) in [6.07, 6.45) is 0. The van der Waals surface area contributed by atoms with Gasteiger partial charge in [0.2, 0.25) is 0 Å². The number of hydrogen-bond donors (Lipinski definition) is 2. The predicted octanol–water partition coefficient (Wildman–Crippen LogP) is 1.59. The summed E-state index contributed by atoms with van der Waals surface area (Å²) in [4.78, 5) is 18.4. The van der Waals surface area contributed by atoms with Crippen LogP contribution in [0.15, 0.2) is 22.3 Å². The first-order valence-corrected chi connectivity index (χ1v) is 6.95. The number of rotatable bonds is 5. The number of likely N-dealkylation sites (N-methyl/N-ethyl adjacent to an activating group) is 1. The van der Waals surface area contributed by atoms with E-state index in [0.29, 0.717) is 13.1 Å². The molecule has 17 heavy (non-hydrogen) atoms. The fourth-order valence-electron chi connectivity index (χ4n) is 1.59. The Bertz CT molecular complexity index is 516. The monoisotopic (exact) mass is 270 g/mol. The molecule has 0 aromatic carbocycles. The molecule has 0 radical (unpaired) electrons. The van der Waals surface area contributed by atoms with Crippen molar-refractivity contribution in [3.05, 3.63) is 32.1 Å². The van der Waals surface area contributed by atoms with E-state index in [2.05, 4.69) is 4.98 Å². The molecular formula is C11H14N2O2S2. The molecule has 0 amide bonds. The van der Waals surface area contributed by atoms with Crippen molar-refractivity contribution >= 4 is 22.7 Å². The van der Waals surface area contributed by atoms with Crippen molar-refractivity contribution in [2.24, 2.45) is 0 Å². The van der Waals surface area contributed by atoms with Crippen LogP contribution in [-0.2, 0) is 6.54 Å². The van der Waals surface area contributed by atoms with Crippen LogP contribution in [0.2, 0.25) is 0 Å². The van der Waals surface area contributed by atoms with Crippen LogP contribution in [0.4, 0.5) is 0 Å². The highest BCUT2D eigenvalue weighted by atomic mass is 32.1. The zero-order valence-electron chi connectivity index (χ0n) is 9.47.